The highest BCUT2D eigenvalue weighted by Crippen LogP contribution is 2.07. The molecule has 2 rings (SSSR count). The number of nitrogens with zero attached hydrogens (tertiary/aromatic N) is 4. The van der Waals surface area contributed by atoms with Gasteiger partial charge in [-0.3, -0.25) is 4.68 Å². The number of rotatable bonds is 6. The Morgan fingerprint density at radius 2 is 2.00 bits per heavy atom. The molecule has 1 aromatic heterocycles. The minimum Gasteiger partial charge on any atom is -0.330 e. The van der Waals surface area contributed by atoms with E-state index in [0.717, 1.165) is 26.1 Å². The topological polar surface area (TPSA) is 50.3 Å². The van der Waals surface area contributed by atoms with Gasteiger partial charge in [-0.05, 0) is 44.0 Å². The molecule has 0 amide bonds. The van der Waals surface area contributed by atoms with E-state index in [1.165, 1.54) is 38.2 Å². The predicted molar refractivity (Wildman–Crippen MR) is 82.6 cm³/mol. The van der Waals surface area contributed by atoms with E-state index in [-0.39, 0.29) is 0 Å². The molecule has 1 unspecified atom stereocenters. The molecule has 0 aromatic carbocycles. The highest BCUT2D eigenvalue weighted by molar-refractivity contribution is 5.04. The lowest BCUT2D eigenvalue weighted by Gasteiger charge is -2.23. The van der Waals surface area contributed by atoms with Crippen molar-refractivity contribution in [2.75, 3.05) is 45.8 Å². The zero-order valence-electron chi connectivity index (χ0n) is 13.0. The van der Waals surface area contributed by atoms with Crippen molar-refractivity contribution in [2.24, 2.45) is 18.7 Å². The molecular formula is C15H29N5. The highest BCUT2D eigenvalue weighted by Gasteiger charge is 2.16. The summed E-state index contributed by atoms with van der Waals surface area (Å²) < 4.78 is 1.88. The number of nitrogens with two attached hydrogens (primary N) is 1. The van der Waals surface area contributed by atoms with E-state index in [2.05, 4.69) is 28.0 Å². The van der Waals surface area contributed by atoms with Crippen molar-refractivity contribution in [2.45, 2.75) is 19.8 Å². The third-order valence-corrected chi connectivity index (χ3v) is 4.13. The van der Waals surface area contributed by atoms with Gasteiger partial charge in [0.25, 0.3) is 0 Å². The molecule has 0 aliphatic carbocycles. The van der Waals surface area contributed by atoms with Crippen LogP contribution in [-0.2, 0) is 13.5 Å². The van der Waals surface area contributed by atoms with Gasteiger partial charge >= 0.3 is 0 Å². The molecule has 2 N–H and O–H groups in total. The zero-order chi connectivity index (χ0) is 14.4. The van der Waals surface area contributed by atoms with Crippen LogP contribution in [0.1, 0.15) is 18.9 Å². The van der Waals surface area contributed by atoms with E-state index in [4.69, 9.17) is 5.73 Å². The fourth-order valence-corrected chi connectivity index (χ4v) is 2.83. The molecule has 5 heteroatoms. The summed E-state index contributed by atoms with van der Waals surface area (Å²) in [5.74, 6) is 0.608. The van der Waals surface area contributed by atoms with Crippen molar-refractivity contribution < 1.29 is 0 Å². The molecule has 1 saturated heterocycles. The van der Waals surface area contributed by atoms with Crippen molar-refractivity contribution in [3.05, 3.63) is 18.0 Å². The maximum absolute atomic E-state index is 5.72. The van der Waals surface area contributed by atoms with Gasteiger partial charge in [0.1, 0.15) is 0 Å². The molecule has 0 spiro atoms. The monoisotopic (exact) mass is 279 g/mol. The molecule has 2 heterocycles. The number of hydrogen-bond acceptors (Lipinski definition) is 4. The van der Waals surface area contributed by atoms with Crippen molar-refractivity contribution in [3.63, 3.8) is 0 Å². The normalized spacial score (nSPS) is 19.9. The van der Waals surface area contributed by atoms with E-state index < -0.39 is 0 Å². The van der Waals surface area contributed by atoms with Crippen molar-refractivity contribution >= 4 is 0 Å². The van der Waals surface area contributed by atoms with Crippen LogP contribution in [0.5, 0.6) is 0 Å². The van der Waals surface area contributed by atoms with Crippen LogP contribution in [0.2, 0.25) is 0 Å². The minimum atomic E-state index is 0.608. The van der Waals surface area contributed by atoms with Gasteiger partial charge in [-0.1, -0.05) is 6.92 Å². The van der Waals surface area contributed by atoms with Gasteiger partial charge in [0.05, 0.1) is 6.20 Å². The van der Waals surface area contributed by atoms with Gasteiger partial charge in [0, 0.05) is 39.4 Å². The Morgan fingerprint density at radius 1 is 1.25 bits per heavy atom. The van der Waals surface area contributed by atoms with E-state index in [0.29, 0.717) is 5.92 Å². The summed E-state index contributed by atoms with van der Waals surface area (Å²) in [4.78, 5) is 5.15. The molecule has 5 nitrogen and oxygen atoms in total. The quantitative estimate of drug-likeness (QED) is 0.827. The summed E-state index contributed by atoms with van der Waals surface area (Å²) >= 11 is 0. The second kappa shape index (κ2) is 7.76. The van der Waals surface area contributed by atoms with Crippen LogP contribution in [0.4, 0.5) is 0 Å². The number of aryl methyl sites for hydroxylation is 1. The Bertz CT molecular complexity index is 389. The third kappa shape index (κ3) is 4.89. The van der Waals surface area contributed by atoms with E-state index >= 15 is 0 Å². The summed E-state index contributed by atoms with van der Waals surface area (Å²) in [6.45, 7) is 10.1. The van der Waals surface area contributed by atoms with Gasteiger partial charge in [-0.15, -0.1) is 0 Å². The van der Waals surface area contributed by atoms with Crippen LogP contribution in [0.15, 0.2) is 12.4 Å². The van der Waals surface area contributed by atoms with Gasteiger partial charge in [-0.2, -0.15) is 5.10 Å². The van der Waals surface area contributed by atoms with Crippen LogP contribution >= 0.6 is 0 Å². The largest absolute Gasteiger partial charge is 0.330 e. The van der Waals surface area contributed by atoms with Crippen LogP contribution in [0.25, 0.3) is 0 Å². The smallest absolute Gasteiger partial charge is 0.0522 e. The average Bonchev–Trinajstić information content (AvgIpc) is 2.73. The number of aromatic nitrogens is 2. The van der Waals surface area contributed by atoms with E-state index in [1.807, 2.05) is 17.9 Å². The van der Waals surface area contributed by atoms with Gasteiger partial charge < -0.3 is 15.5 Å². The fourth-order valence-electron chi connectivity index (χ4n) is 2.83. The first-order valence-electron chi connectivity index (χ1n) is 7.79. The molecule has 1 aliphatic heterocycles. The Hall–Kier alpha value is -0.910. The SMILES string of the molecule is CC(CN)CN1CCCN(CCc2cnn(C)c2)CC1. The van der Waals surface area contributed by atoms with Crippen LogP contribution in [-0.4, -0.2) is 65.4 Å². The molecule has 20 heavy (non-hydrogen) atoms. The molecular weight excluding hydrogens is 250 g/mol. The lowest BCUT2D eigenvalue weighted by atomic mass is 10.1. The summed E-state index contributed by atoms with van der Waals surface area (Å²) in [7, 11) is 1.98. The van der Waals surface area contributed by atoms with Crippen LogP contribution in [0, 0.1) is 5.92 Å². The average molecular weight is 279 g/mol. The molecule has 0 saturated carbocycles. The first-order chi connectivity index (χ1) is 9.67. The molecule has 0 radical (unpaired) electrons. The fraction of sp³-hybridized carbons (Fsp3) is 0.800. The van der Waals surface area contributed by atoms with Crippen LogP contribution in [0.3, 0.4) is 0 Å². The predicted octanol–water partition coefficient (Wildman–Crippen LogP) is 0.565. The Morgan fingerprint density at radius 3 is 2.70 bits per heavy atom. The molecule has 1 aromatic rings. The maximum atomic E-state index is 5.72. The van der Waals surface area contributed by atoms with E-state index in [9.17, 15) is 0 Å². The first-order valence-corrected chi connectivity index (χ1v) is 7.79. The standard InChI is InChI=1S/C15H29N5/c1-14(10-16)12-20-6-3-5-19(8-9-20)7-4-15-11-17-18(2)13-15/h11,13-14H,3-10,12,16H2,1-2H3. The minimum absolute atomic E-state index is 0.608. The zero-order valence-corrected chi connectivity index (χ0v) is 13.0. The summed E-state index contributed by atoms with van der Waals surface area (Å²) in [5, 5.41) is 4.23. The van der Waals surface area contributed by atoms with Gasteiger partial charge in [0.15, 0.2) is 0 Å². The second-order valence-corrected chi connectivity index (χ2v) is 6.11. The molecule has 0 bridgehead atoms. The van der Waals surface area contributed by atoms with Gasteiger partial charge in [0.2, 0.25) is 0 Å². The van der Waals surface area contributed by atoms with E-state index in [1.54, 1.807) is 0 Å². The lowest BCUT2D eigenvalue weighted by Crippen LogP contribution is -2.35. The first kappa shape index (κ1) is 15.5. The van der Waals surface area contributed by atoms with Gasteiger partial charge in [-0.25, -0.2) is 0 Å². The molecule has 1 atom stereocenters. The third-order valence-electron chi connectivity index (χ3n) is 4.13. The van der Waals surface area contributed by atoms with Crippen molar-refractivity contribution in [1.29, 1.82) is 0 Å². The summed E-state index contributed by atoms with van der Waals surface area (Å²) in [6, 6.07) is 0. The van der Waals surface area contributed by atoms with Crippen LogP contribution < -0.4 is 5.73 Å². The molecule has 1 fully saturated rings. The lowest BCUT2D eigenvalue weighted by molar-refractivity contribution is 0.235. The van der Waals surface area contributed by atoms with Crippen molar-refractivity contribution in [1.82, 2.24) is 19.6 Å². The maximum Gasteiger partial charge on any atom is 0.0522 e. The molecule has 114 valence electrons. The number of hydrogen-bond donors (Lipinski definition) is 1. The summed E-state index contributed by atoms with van der Waals surface area (Å²) in [6.07, 6.45) is 6.47. The summed E-state index contributed by atoms with van der Waals surface area (Å²) in [5.41, 5.74) is 7.06. The Labute approximate surface area is 122 Å². The Kier molecular flexibility index (Phi) is 6.01. The molecule has 1 aliphatic rings. The van der Waals surface area contributed by atoms with Crippen molar-refractivity contribution in [3.8, 4) is 0 Å². The second-order valence-electron chi connectivity index (χ2n) is 6.11. The Balaban J connectivity index is 1.72. The highest BCUT2D eigenvalue weighted by atomic mass is 15.2.